The number of benzene rings is 1. The Labute approximate surface area is 150 Å². The van der Waals surface area contributed by atoms with Crippen LogP contribution in [0, 0.1) is 13.8 Å². The molecule has 0 saturated carbocycles. The van der Waals surface area contributed by atoms with Gasteiger partial charge in [0.05, 0.1) is 6.04 Å². The number of carbonyl (C=O) groups is 1. The molecule has 6 heteroatoms. The lowest BCUT2D eigenvalue weighted by Gasteiger charge is -2.37. The Balaban J connectivity index is 0.00000264. The van der Waals surface area contributed by atoms with E-state index in [0.29, 0.717) is 0 Å². The van der Waals surface area contributed by atoms with Crippen LogP contribution in [0.5, 0.6) is 0 Å². The van der Waals surface area contributed by atoms with Gasteiger partial charge in [-0.15, -0.1) is 12.4 Å². The van der Waals surface area contributed by atoms with Gasteiger partial charge in [-0.3, -0.25) is 4.79 Å². The molecule has 1 heterocycles. The number of hydrogen-bond acceptors (Lipinski definition) is 4. The quantitative estimate of drug-likeness (QED) is 0.879. The second-order valence-electron chi connectivity index (χ2n) is 5.99. The maximum atomic E-state index is 12.3. The van der Waals surface area contributed by atoms with E-state index in [1.165, 1.54) is 16.8 Å². The number of halogens is 1. The van der Waals surface area contributed by atoms with Crippen molar-refractivity contribution in [2.45, 2.75) is 26.3 Å². The lowest BCUT2D eigenvalue weighted by molar-refractivity contribution is -0.132. The third-order valence-corrected chi connectivity index (χ3v) is 4.89. The third kappa shape index (κ3) is 5.30. The number of amides is 1. The first-order chi connectivity index (χ1) is 10.5. The molecule has 1 amide bonds. The summed E-state index contributed by atoms with van der Waals surface area (Å²) in [5, 5.41) is 0. The van der Waals surface area contributed by atoms with Gasteiger partial charge < -0.3 is 15.5 Å². The minimum Gasteiger partial charge on any atom is -0.368 e. The summed E-state index contributed by atoms with van der Waals surface area (Å²) in [7, 11) is 0. The van der Waals surface area contributed by atoms with Crippen molar-refractivity contribution in [1.29, 1.82) is 0 Å². The van der Waals surface area contributed by atoms with E-state index >= 15 is 0 Å². The molecule has 130 valence electrons. The second kappa shape index (κ2) is 9.40. The zero-order chi connectivity index (χ0) is 16.1. The number of hydrogen-bond donors (Lipinski definition) is 1. The van der Waals surface area contributed by atoms with Crippen LogP contribution in [0.1, 0.15) is 17.5 Å². The minimum absolute atomic E-state index is 0. The Hall–Kier alpha value is -0.910. The van der Waals surface area contributed by atoms with Crippen LogP contribution in [0.2, 0.25) is 0 Å². The molecule has 0 aromatic heterocycles. The topological polar surface area (TPSA) is 49.6 Å². The summed E-state index contributed by atoms with van der Waals surface area (Å²) in [6, 6.07) is 6.20. The SMILES string of the molecule is CSCC[C@H](N)C(=O)N1CCN(c2cc(C)ccc2C)CC1.Cl. The Bertz CT molecular complexity index is 519. The number of piperazine rings is 1. The fourth-order valence-electron chi connectivity index (χ4n) is 2.83. The first-order valence-corrected chi connectivity index (χ1v) is 9.28. The zero-order valence-corrected chi connectivity index (χ0v) is 15.9. The maximum Gasteiger partial charge on any atom is 0.239 e. The summed E-state index contributed by atoms with van der Waals surface area (Å²) in [6.45, 7) is 7.55. The summed E-state index contributed by atoms with van der Waals surface area (Å²) in [5.74, 6) is 1.05. The highest BCUT2D eigenvalue weighted by Crippen LogP contribution is 2.23. The van der Waals surface area contributed by atoms with Gasteiger partial charge in [-0.1, -0.05) is 12.1 Å². The standard InChI is InChI=1S/C17H27N3OS.ClH/c1-13-4-5-14(2)16(12-13)19-7-9-20(10-8-19)17(21)15(18)6-11-22-3;/h4-5,12,15H,6-11,18H2,1-3H3;1H/t15-;/m0./s1. The fraction of sp³-hybridized carbons (Fsp3) is 0.588. The molecule has 0 unspecified atom stereocenters. The highest BCUT2D eigenvalue weighted by molar-refractivity contribution is 7.98. The van der Waals surface area contributed by atoms with Gasteiger partial charge in [0.1, 0.15) is 0 Å². The van der Waals surface area contributed by atoms with Crippen molar-refractivity contribution in [3.8, 4) is 0 Å². The van der Waals surface area contributed by atoms with Crippen LogP contribution >= 0.6 is 24.2 Å². The van der Waals surface area contributed by atoms with Crippen molar-refractivity contribution in [1.82, 2.24) is 4.90 Å². The van der Waals surface area contributed by atoms with Gasteiger partial charge in [0.15, 0.2) is 0 Å². The molecule has 1 aliphatic heterocycles. The molecule has 2 N–H and O–H groups in total. The highest BCUT2D eigenvalue weighted by Gasteiger charge is 2.25. The Kier molecular flexibility index (Phi) is 8.23. The van der Waals surface area contributed by atoms with Gasteiger partial charge in [-0.2, -0.15) is 11.8 Å². The van der Waals surface area contributed by atoms with E-state index in [1.807, 2.05) is 11.2 Å². The van der Waals surface area contributed by atoms with Crippen LogP contribution in [-0.2, 0) is 4.79 Å². The second-order valence-corrected chi connectivity index (χ2v) is 6.98. The monoisotopic (exact) mass is 357 g/mol. The molecule has 0 bridgehead atoms. The molecular weight excluding hydrogens is 330 g/mol. The van der Waals surface area contributed by atoms with Crippen molar-refractivity contribution in [3.05, 3.63) is 29.3 Å². The summed E-state index contributed by atoms with van der Waals surface area (Å²) < 4.78 is 0. The Morgan fingerprint density at radius 3 is 2.52 bits per heavy atom. The smallest absolute Gasteiger partial charge is 0.239 e. The molecule has 1 aromatic rings. The average molecular weight is 358 g/mol. The molecular formula is C17H28ClN3OS. The lowest BCUT2D eigenvalue weighted by atomic mass is 10.1. The van der Waals surface area contributed by atoms with Gasteiger partial charge in [0.2, 0.25) is 5.91 Å². The molecule has 1 saturated heterocycles. The third-order valence-electron chi connectivity index (χ3n) is 4.25. The van der Waals surface area contributed by atoms with E-state index in [-0.39, 0.29) is 24.4 Å². The van der Waals surface area contributed by atoms with Crippen molar-refractivity contribution < 1.29 is 4.79 Å². The molecule has 0 radical (unpaired) electrons. The van der Waals surface area contributed by atoms with Crippen molar-refractivity contribution >= 4 is 35.8 Å². The van der Waals surface area contributed by atoms with E-state index in [0.717, 1.165) is 38.4 Å². The van der Waals surface area contributed by atoms with Crippen LogP contribution in [0.15, 0.2) is 18.2 Å². The number of rotatable bonds is 5. The maximum absolute atomic E-state index is 12.3. The Morgan fingerprint density at radius 2 is 1.91 bits per heavy atom. The van der Waals surface area contributed by atoms with Crippen LogP contribution in [0.4, 0.5) is 5.69 Å². The number of aryl methyl sites for hydroxylation is 2. The van der Waals surface area contributed by atoms with E-state index in [4.69, 9.17) is 5.73 Å². The van der Waals surface area contributed by atoms with Gasteiger partial charge in [-0.05, 0) is 49.5 Å². The van der Waals surface area contributed by atoms with E-state index < -0.39 is 0 Å². The zero-order valence-electron chi connectivity index (χ0n) is 14.2. The predicted octanol–water partition coefficient (Wildman–Crippen LogP) is 2.45. The summed E-state index contributed by atoms with van der Waals surface area (Å²) in [4.78, 5) is 16.6. The van der Waals surface area contributed by atoms with Crippen LogP contribution in [0.25, 0.3) is 0 Å². The van der Waals surface area contributed by atoms with Crippen molar-refractivity contribution in [2.75, 3.05) is 43.1 Å². The first kappa shape index (κ1) is 20.1. The van der Waals surface area contributed by atoms with Crippen molar-refractivity contribution in [2.24, 2.45) is 5.73 Å². The number of nitrogens with zero attached hydrogens (tertiary/aromatic N) is 2. The van der Waals surface area contributed by atoms with E-state index in [2.05, 4.69) is 36.9 Å². The van der Waals surface area contributed by atoms with Crippen LogP contribution in [-0.4, -0.2) is 55.0 Å². The van der Waals surface area contributed by atoms with Crippen LogP contribution < -0.4 is 10.6 Å². The van der Waals surface area contributed by atoms with E-state index in [1.54, 1.807) is 11.8 Å². The van der Waals surface area contributed by atoms with Gasteiger partial charge in [-0.25, -0.2) is 0 Å². The summed E-state index contributed by atoms with van der Waals surface area (Å²) in [6.07, 6.45) is 2.80. The average Bonchev–Trinajstić information content (AvgIpc) is 2.54. The largest absolute Gasteiger partial charge is 0.368 e. The number of anilines is 1. The summed E-state index contributed by atoms with van der Waals surface area (Å²) in [5.41, 5.74) is 9.87. The predicted molar refractivity (Wildman–Crippen MR) is 103 cm³/mol. The highest BCUT2D eigenvalue weighted by atomic mass is 35.5. The number of nitrogens with two attached hydrogens (primary N) is 1. The summed E-state index contributed by atoms with van der Waals surface area (Å²) >= 11 is 1.74. The molecule has 4 nitrogen and oxygen atoms in total. The molecule has 1 aromatic carbocycles. The molecule has 0 spiro atoms. The lowest BCUT2D eigenvalue weighted by Crippen LogP contribution is -2.53. The number of carbonyl (C=O) groups excluding carboxylic acids is 1. The molecule has 2 rings (SSSR count). The molecule has 0 aliphatic carbocycles. The van der Waals surface area contributed by atoms with Gasteiger partial charge in [0.25, 0.3) is 0 Å². The Morgan fingerprint density at radius 1 is 1.26 bits per heavy atom. The normalized spacial score (nSPS) is 16.0. The number of thioether (sulfide) groups is 1. The van der Waals surface area contributed by atoms with Crippen molar-refractivity contribution in [3.63, 3.8) is 0 Å². The molecule has 1 atom stereocenters. The van der Waals surface area contributed by atoms with E-state index in [9.17, 15) is 4.79 Å². The fourth-order valence-corrected chi connectivity index (χ4v) is 3.32. The minimum atomic E-state index is -0.347. The van der Waals surface area contributed by atoms with Gasteiger partial charge >= 0.3 is 0 Å². The molecule has 23 heavy (non-hydrogen) atoms. The molecule has 1 fully saturated rings. The first-order valence-electron chi connectivity index (χ1n) is 7.88. The molecule has 1 aliphatic rings. The van der Waals surface area contributed by atoms with Gasteiger partial charge in [0, 0.05) is 31.9 Å². The van der Waals surface area contributed by atoms with Crippen LogP contribution in [0.3, 0.4) is 0 Å².